The lowest BCUT2D eigenvalue weighted by Crippen LogP contribution is -2.42. The van der Waals surface area contributed by atoms with Crippen molar-refractivity contribution in [2.24, 2.45) is 0 Å². The van der Waals surface area contributed by atoms with Crippen LogP contribution in [-0.2, 0) is 0 Å². The van der Waals surface area contributed by atoms with Crippen LogP contribution < -0.4 is 4.90 Å². The summed E-state index contributed by atoms with van der Waals surface area (Å²) >= 11 is 11.9. The Kier molecular flexibility index (Phi) is 2.99. The van der Waals surface area contributed by atoms with Crippen molar-refractivity contribution in [2.75, 3.05) is 11.4 Å². The highest BCUT2D eigenvalue weighted by Gasteiger charge is 2.30. The number of hydrogen-bond donors (Lipinski definition) is 0. The first-order valence-corrected chi connectivity index (χ1v) is 6.64. The van der Waals surface area contributed by atoms with E-state index in [9.17, 15) is 4.79 Å². The number of anilines is 1. The van der Waals surface area contributed by atoms with Gasteiger partial charge in [-0.1, -0.05) is 23.2 Å². The minimum Gasteiger partial charge on any atom is -0.305 e. The Morgan fingerprint density at radius 3 is 2.79 bits per heavy atom. The molecule has 98 valence electrons. The SMILES string of the molecule is C[C@H]1CN(c2ccc(Cl)c(Cl)c2)C(=O)c2ccnn21. The van der Waals surface area contributed by atoms with Crippen LogP contribution in [-0.4, -0.2) is 22.2 Å². The van der Waals surface area contributed by atoms with Crippen LogP contribution in [0.4, 0.5) is 5.69 Å². The van der Waals surface area contributed by atoms with Crippen LogP contribution >= 0.6 is 23.2 Å². The van der Waals surface area contributed by atoms with Crippen LogP contribution in [0.5, 0.6) is 0 Å². The molecule has 6 heteroatoms. The third-order valence-electron chi connectivity index (χ3n) is 3.21. The molecule has 19 heavy (non-hydrogen) atoms. The van der Waals surface area contributed by atoms with Crippen molar-refractivity contribution in [3.63, 3.8) is 0 Å². The molecule has 1 amide bonds. The van der Waals surface area contributed by atoms with Gasteiger partial charge in [0.25, 0.3) is 5.91 Å². The van der Waals surface area contributed by atoms with Gasteiger partial charge < -0.3 is 4.90 Å². The summed E-state index contributed by atoms with van der Waals surface area (Å²) in [4.78, 5) is 14.1. The standard InChI is InChI=1S/C13H11Cl2N3O/c1-8-7-17(9-2-3-10(14)11(15)6-9)13(19)12-4-5-16-18(8)12/h2-6,8H,7H2,1H3/t8-/m0/s1. The van der Waals surface area contributed by atoms with Crippen molar-refractivity contribution in [2.45, 2.75) is 13.0 Å². The van der Waals surface area contributed by atoms with E-state index in [1.54, 1.807) is 40.0 Å². The lowest BCUT2D eigenvalue weighted by Gasteiger charge is -2.32. The van der Waals surface area contributed by atoms with Crippen molar-refractivity contribution in [1.29, 1.82) is 0 Å². The van der Waals surface area contributed by atoms with E-state index in [0.717, 1.165) is 5.69 Å². The number of nitrogens with zero attached hydrogens (tertiary/aromatic N) is 3. The first kappa shape index (κ1) is 12.5. The van der Waals surface area contributed by atoms with E-state index in [4.69, 9.17) is 23.2 Å². The van der Waals surface area contributed by atoms with Crippen LogP contribution in [0, 0.1) is 0 Å². The highest BCUT2D eigenvalue weighted by Crippen LogP contribution is 2.30. The Labute approximate surface area is 120 Å². The van der Waals surface area contributed by atoms with Crippen molar-refractivity contribution < 1.29 is 4.79 Å². The fourth-order valence-corrected chi connectivity index (χ4v) is 2.57. The molecule has 2 aromatic rings. The van der Waals surface area contributed by atoms with Gasteiger partial charge in [0.1, 0.15) is 5.69 Å². The van der Waals surface area contributed by atoms with Crippen molar-refractivity contribution in [1.82, 2.24) is 9.78 Å². The normalized spacial score (nSPS) is 18.6. The van der Waals surface area contributed by atoms with Crippen molar-refractivity contribution in [3.8, 4) is 0 Å². The van der Waals surface area contributed by atoms with Crippen LogP contribution in [0.1, 0.15) is 23.5 Å². The second kappa shape index (κ2) is 4.54. The van der Waals surface area contributed by atoms with Crippen LogP contribution in [0.15, 0.2) is 30.5 Å². The molecular weight excluding hydrogens is 285 g/mol. The van der Waals surface area contributed by atoms with E-state index >= 15 is 0 Å². The monoisotopic (exact) mass is 295 g/mol. The number of halogens is 2. The van der Waals surface area contributed by atoms with Gasteiger partial charge in [-0.3, -0.25) is 9.48 Å². The maximum atomic E-state index is 12.4. The van der Waals surface area contributed by atoms with Gasteiger partial charge in [-0.2, -0.15) is 5.10 Å². The van der Waals surface area contributed by atoms with E-state index in [0.29, 0.717) is 22.3 Å². The Balaban J connectivity index is 2.03. The molecule has 0 saturated carbocycles. The highest BCUT2D eigenvalue weighted by molar-refractivity contribution is 6.42. The molecule has 0 N–H and O–H groups in total. The third-order valence-corrected chi connectivity index (χ3v) is 3.95. The quantitative estimate of drug-likeness (QED) is 0.808. The number of carbonyl (C=O) groups excluding carboxylic acids is 1. The lowest BCUT2D eigenvalue weighted by atomic mass is 10.1. The van der Waals surface area contributed by atoms with Gasteiger partial charge in [-0.25, -0.2) is 0 Å². The lowest BCUT2D eigenvalue weighted by molar-refractivity contribution is 0.0953. The first-order chi connectivity index (χ1) is 9.08. The molecule has 1 aliphatic rings. The van der Waals surface area contributed by atoms with Crippen molar-refractivity contribution >= 4 is 34.8 Å². The minimum atomic E-state index is -0.0750. The summed E-state index contributed by atoms with van der Waals surface area (Å²) in [5.41, 5.74) is 1.34. The summed E-state index contributed by atoms with van der Waals surface area (Å²) in [5, 5.41) is 5.09. The van der Waals surface area contributed by atoms with Gasteiger partial charge in [-0.05, 0) is 31.2 Å². The fourth-order valence-electron chi connectivity index (χ4n) is 2.27. The van der Waals surface area contributed by atoms with E-state index in [1.807, 2.05) is 6.92 Å². The number of benzene rings is 1. The maximum Gasteiger partial charge on any atom is 0.276 e. The second-order valence-electron chi connectivity index (χ2n) is 4.52. The maximum absolute atomic E-state index is 12.4. The highest BCUT2D eigenvalue weighted by atomic mass is 35.5. The van der Waals surface area contributed by atoms with E-state index in [1.165, 1.54) is 0 Å². The summed E-state index contributed by atoms with van der Waals surface area (Å²) in [5.74, 6) is -0.0750. The molecule has 0 radical (unpaired) electrons. The Hall–Kier alpha value is -1.52. The predicted molar refractivity (Wildman–Crippen MR) is 75.1 cm³/mol. The first-order valence-electron chi connectivity index (χ1n) is 5.88. The average molecular weight is 296 g/mol. The van der Waals surface area contributed by atoms with E-state index in [-0.39, 0.29) is 11.9 Å². The number of carbonyl (C=O) groups is 1. The second-order valence-corrected chi connectivity index (χ2v) is 5.34. The molecule has 1 aromatic carbocycles. The molecule has 0 bridgehead atoms. The van der Waals surface area contributed by atoms with Crippen LogP contribution in [0.3, 0.4) is 0 Å². The molecule has 2 heterocycles. The Morgan fingerprint density at radius 2 is 2.05 bits per heavy atom. The topological polar surface area (TPSA) is 38.1 Å². The smallest absolute Gasteiger partial charge is 0.276 e. The van der Waals surface area contributed by atoms with Crippen molar-refractivity contribution in [3.05, 3.63) is 46.2 Å². The summed E-state index contributed by atoms with van der Waals surface area (Å²) in [6, 6.07) is 7.05. The third kappa shape index (κ3) is 2.01. The van der Waals surface area contributed by atoms with E-state index < -0.39 is 0 Å². The Morgan fingerprint density at radius 1 is 1.26 bits per heavy atom. The molecule has 0 saturated heterocycles. The number of rotatable bonds is 1. The predicted octanol–water partition coefficient (Wildman–Crippen LogP) is 3.41. The minimum absolute atomic E-state index is 0.0750. The summed E-state index contributed by atoms with van der Waals surface area (Å²) < 4.78 is 1.75. The zero-order valence-electron chi connectivity index (χ0n) is 10.2. The van der Waals surface area contributed by atoms with Crippen LogP contribution in [0.2, 0.25) is 10.0 Å². The van der Waals surface area contributed by atoms with Crippen LogP contribution in [0.25, 0.3) is 0 Å². The van der Waals surface area contributed by atoms with E-state index in [2.05, 4.69) is 5.10 Å². The van der Waals surface area contributed by atoms with Gasteiger partial charge in [0.15, 0.2) is 0 Å². The summed E-state index contributed by atoms with van der Waals surface area (Å²) in [6.07, 6.45) is 1.64. The molecule has 4 nitrogen and oxygen atoms in total. The molecule has 1 aliphatic heterocycles. The number of aromatic nitrogens is 2. The summed E-state index contributed by atoms with van der Waals surface area (Å²) in [6.45, 7) is 2.58. The molecule has 0 unspecified atom stereocenters. The number of hydrogen-bond acceptors (Lipinski definition) is 2. The fraction of sp³-hybridized carbons (Fsp3) is 0.231. The summed E-state index contributed by atoms with van der Waals surface area (Å²) in [7, 11) is 0. The molecule has 0 aliphatic carbocycles. The average Bonchev–Trinajstić information content (AvgIpc) is 2.87. The molecular formula is C13H11Cl2N3O. The molecule has 1 aromatic heterocycles. The zero-order valence-corrected chi connectivity index (χ0v) is 11.7. The largest absolute Gasteiger partial charge is 0.305 e. The van der Waals surface area contributed by atoms with Gasteiger partial charge in [-0.15, -0.1) is 0 Å². The molecule has 0 spiro atoms. The van der Waals surface area contributed by atoms with Gasteiger partial charge >= 0.3 is 0 Å². The molecule has 3 rings (SSSR count). The van der Waals surface area contributed by atoms with Gasteiger partial charge in [0, 0.05) is 18.4 Å². The number of fused-ring (bicyclic) bond motifs is 1. The van der Waals surface area contributed by atoms with Gasteiger partial charge in [0.2, 0.25) is 0 Å². The zero-order chi connectivity index (χ0) is 13.6. The molecule has 0 fully saturated rings. The molecule has 1 atom stereocenters. The number of amides is 1. The van der Waals surface area contributed by atoms with Gasteiger partial charge in [0.05, 0.1) is 16.1 Å². The Bertz CT molecular complexity index is 653.